The lowest BCUT2D eigenvalue weighted by molar-refractivity contribution is -0.134. The van der Waals surface area contributed by atoms with Crippen molar-refractivity contribution >= 4 is 34.7 Å². The summed E-state index contributed by atoms with van der Waals surface area (Å²) in [6.45, 7) is 4.01. The van der Waals surface area contributed by atoms with Crippen LogP contribution in [0.2, 0.25) is 0 Å². The molecule has 5 nitrogen and oxygen atoms in total. The highest BCUT2D eigenvalue weighted by atomic mass is 32.2. The fraction of sp³-hybridized carbons (Fsp3) is 0.500. The van der Waals surface area contributed by atoms with Gasteiger partial charge in [-0.2, -0.15) is 0 Å². The van der Waals surface area contributed by atoms with Gasteiger partial charge in [-0.25, -0.2) is 4.98 Å². The van der Waals surface area contributed by atoms with Crippen LogP contribution >= 0.6 is 23.1 Å². The zero-order chi connectivity index (χ0) is 19.2. The van der Waals surface area contributed by atoms with E-state index < -0.39 is 5.60 Å². The molecule has 27 heavy (non-hydrogen) atoms. The first-order chi connectivity index (χ1) is 12.8. The predicted octanol–water partition coefficient (Wildman–Crippen LogP) is 3.98. The minimum Gasteiger partial charge on any atom is -0.384 e. The van der Waals surface area contributed by atoms with Crippen molar-refractivity contribution in [1.82, 2.24) is 4.98 Å². The number of amides is 1. The number of ether oxygens (including phenoxy) is 1. The van der Waals surface area contributed by atoms with Gasteiger partial charge < -0.3 is 14.7 Å². The number of benzene rings is 1. The Labute approximate surface area is 167 Å². The van der Waals surface area contributed by atoms with E-state index in [1.807, 2.05) is 39.2 Å². The number of aromatic nitrogens is 1. The van der Waals surface area contributed by atoms with E-state index in [1.54, 1.807) is 28.0 Å². The second kappa shape index (κ2) is 7.20. The van der Waals surface area contributed by atoms with Gasteiger partial charge >= 0.3 is 0 Å². The molecule has 2 unspecified atom stereocenters. The summed E-state index contributed by atoms with van der Waals surface area (Å²) in [5, 5.41) is 11.1. The third kappa shape index (κ3) is 3.78. The fourth-order valence-electron chi connectivity index (χ4n) is 4.05. The van der Waals surface area contributed by atoms with Crippen LogP contribution in [0, 0.1) is 0 Å². The van der Waals surface area contributed by atoms with Crippen LogP contribution in [0.4, 0.5) is 5.69 Å². The number of aliphatic hydroxyl groups is 1. The van der Waals surface area contributed by atoms with Crippen LogP contribution in [0.3, 0.4) is 0 Å². The molecule has 0 aliphatic carbocycles. The van der Waals surface area contributed by atoms with Crippen LogP contribution in [-0.2, 0) is 21.6 Å². The van der Waals surface area contributed by atoms with E-state index in [2.05, 4.69) is 11.1 Å². The number of aryl methyl sites for hydroxylation is 1. The first kappa shape index (κ1) is 18.9. The number of fused-ring (bicyclic) bond motifs is 1. The summed E-state index contributed by atoms with van der Waals surface area (Å²) in [4.78, 5) is 20.1. The second-order valence-electron chi connectivity index (χ2n) is 7.53. The van der Waals surface area contributed by atoms with E-state index in [0.717, 1.165) is 26.2 Å². The van der Waals surface area contributed by atoms with Gasteiger partial charge in [0, 0.05) is 43.1 Å². The third-order valence-electron chi connectivity index (χ3n) is 5.26. The molecule has 2 aliphatic rings. The summed E-state index contributed by atoms with van der Waals surface area (Å²) >= 11 is 3.17. The lowest BCUT2D eigenvalue weighted by Crippen LogP contribution is -2.40. The zero-order valence-corrected chi connectivity index (χ0v) is 17.4. The Morgan fingerprint density at radius 1 is 1.30 bits per heavy atom. The number of nitrogens with zero attached hydrogens (tertiary/aromatic N) is 2. The van der Waals surface area contributed by atoms with E-state index >= 15 is 0 Å². The maximum Gasteiger partial charge on any atom is 0.227 e. The Morgan fingerprint density at radius 3 is 2.78 bits per heavy atom. The Bertz CT molecular complexity index is 857. The van der Waals surface area contributed by atoms with Crippen molar-refractivity contribution in [2.45, 2.75) is 66.6 Å². The molecule has 0 saturated carbocycles. The van der Waals surface area contributed by atoms with Gasteiger partial charge in [-0.3, -0.25) is 4.79 Å². The number of hydrogen-bond acceptors (Lipinski definition) is 6. The first-order valence-corrected chi connectivity index (χ1v) is 10.9. The van der Waals surface area contributed by atoms with Gasteiger partial charge in [0.2, 0.25) is 5.91 Å². The van der Waals surface area contributed by atoms with Gasteiger partial charge in [0.15, 0.2) is 4.34 Å². The molecule has 7 heteroatoms. The molecule has 3 heterocycles. The van der Waals surface area contributed by atoms with Crippen molar-refractivity contribution in [2.24, 2.45) is 0 Å². The summed E-state index contributed by atoms with van der Waals surface area (Å²) in [5.74, 6) is 0.167. The Morgan fingerprint density at radius 2 is 2.04 bits per heavy atom. The largest absolute Gasteiger partial charge is 0.384 e. The molecular formula is C20H24N2O3S2. The van der Waals surface area contributed by atoms with E-state index in [4.69, 9.17) is 4.74 Å². The third-order valence-corrected chi connectivity index (χ3v) is 7.51. The second-order valence-corrected chi connectivity index (χ2v) is 9.88. The van der Waals surface area contributed by atoms with Crippen molar-refractivity contribution in [1.29, 1.82) is 0 Å². The van der Waals surface area contributed by atoms with E-state index in [0.29, 0.717) is 19.3 Å². The number of carbonyl (C=O) groups is 1. The average Bonchev–Trinajstić information content (AvgIpc) is 3.06. The lowest BCUT2D eigenvalue weighted by atomic mass is 9.87. The lowest BCUT2D eigenvalue weighted by Gasteiger charge is -2.38. The molecule has 1 aromatic carbocycles. The van der Waals surface area contributed by atoms with Crippen molar-refractivity contribution in [3.05, 3.63) is 34.8 Å². The number of rotatable bonds is 3. The Balaban J connectivity index is 1.52. The topological polar surface area (TPSA) is 62.7 Å². The minimum absolute atomic E-state index is 0.0392. The fourth-order valence-corrected chi connectivity index (χ4v) is 6.17. The standard InChI is InChI=1S/C20H24N2O3S2/c1-12-9-20(24,10-13(2)25-12)17-11-21-19(27-17)26-15-5-6-16-14(8-15)4-7-18(23)22(16)3/h5-6,8,11-13,24H,4,7,9-10H2,1-3H3. The van der Waals surface area contributed by atoms with Crippen LogP contribution in [0.15, 0.2) is 33.6 Å². The van der Waals surface area contributed by atoms with Crippen LogP contribution < -0.4 is 4.90 Å². The zero-order valence-electron chi connectivity index (χ0n) is 15.8. The Hall–Kier alpha value is -1.41. The highest BCUT2D eigenvalue weighted by Gasteiger charge is 2.39. The molecule has 1 amide bonds. The molecule has 0 radical (unpaired) electrons. The summed E-state index contributed by atoms with van der Waals surface area (Å²) < 4.78 is 6.69. The van der Waals surface area contributed by atoms with Crippen molar-refractivity contribution in [2.75, 3.05) is 11.9 Å². The maximum absolute atomic E-state index is 11.8. The van der Waals surface area contributed by atoms with E-state index in [1.165, 1.54) is 5.56 Å². The molecule has 0 spiro atoms. The molecule has 2 aromatic rings. The number of hydrogen-bond donors (Lipinski definition) is 1. The molecule has 1 fully saturated rings. The quantitative estimate of drug-likeness (QED) is 0.838. The normalized spacial score (nSPS) is 28.3. The molecular weight excluding hydrogens is 380 g/mol. The summed E-state index contributed by atoms with van der Waals surface area (Å²) in [7, 11) is 1.83. The van der Waals surface area contributed by atoms with Gasteiger partial charge in [0.25, 0.3) is 0 Å². The summed E-state index contributed by atoms with van der Waals surface area (Å²) in [6.07, 6.45) is 4.43. The molecule has 1 N–H and O–H groups in total. The summed E-state index contributed by atoms with van der Waals surface area (Å²) in [5.41, 5.74) is 1.34. The van der Waals surface area contributed by atoms with Crippen molar-refractivity contribution < 1.29 is 14.6 Å². The predicted molar refractivity (Wildman–Crippen MR) is 108 cm³/mol. The van der Waals surface area contributed by atoms with Gasteiger partial charge in [0.05, 0.1) is 17.1 Å². The van der Waals surface area contributed by atoms with Crippen molar-refractivity contribution in [3.8, 4) is 0 Å². The summed E-state index contributed by atoms with van der Waals surface area (Å²) in [6, 6.07) is 6.20. The maximum atomic E-state index is 11.8. The molecule has 2 atom stereocenters. The van der Waals surface area contributed by atoms with Crippen LogP contribution in [0.25, 0.3) is 0 Å². The number of anilines is 1. The SMILES string of the molecule is CC1CC(O)(c2cnc(Sc3ccc4c(c3)CCC(=O)N4C)s2)CC(C)O1. The van der Waals surface area contributed by atoms with Gasteiger partial charge in [-0.05, 0) is 44.0 Å². The monoisotopic (exact) mass is 404 g/mol. The molecule has 1 aromatic heterocycles. The van der Waals surface area contributed by atoms with Crippen LogP contribution in [-0.4, -0.2) is 35.3 Å². The molecule has 144 valence electrons. The highest BCUT2D eigenvalue weighted by Crippen LogP contribution is 2.43. The van der Waals surface area contributed by atoms with Crippen LogP contribution in [0.1, 0.15) is 43.6 Å². The van der Waals surface area contributed by atoms with Crippen molar-refractivity contribution in [3.63, 3.8) is 0 Å². The molecule has 1 saturated heterocycles. The van der Waals surface area contributed by atoms with Crippen LogP contribution in [0.5, 0.6) is 0 Å². The molecule has 0 bridgehead atoms. The average molecular weight is 405 g/mol. The molecule has 2 aliphatic heterocycles. The minimum atomic E-state index is -0.855. The molecule has 4 rings (SSSR count). The van der Waals surface area contributed by atoms with E-state index in [-0.39, 0.29) is 18.1 Å². The highest BCUT2D eigenvalue weighted by molar-refractivity contribution is 8.01. The first-order valence-electron chi connectivity index (χ1n) is 9.25. The smallest absolute Gasteiger partial charge is 0.227 e. The van der Waals surface area contributed by atoms with Gasteiger partial charge in [-0.1, -0.05) is 11.8 Å². The number of carbonyl (C=O) groups excluding carboxylic acids is 1. The van der Waals surface area contributed by atoms with Gasteiger partial charge in [-0.15, -0.1) is 11.3 Å². The Kier molecular flexibility index (Phi) is 5.05. The van der Waals surface area contributed by atoms with Gasteiger partial charge in [0.1, 0.15) is 5.60 Å². The van der Waals surface area contributed by atoms with E-state index in [9.17, 15) is 9.90 Å². The number of thiazole rings is 1.